The number of hydrogen-bond acceptors (Lipinski definition) is 22. The number of esters is 2. The Morgan fingerprint density at radius 3 is 1.45 bits per heavy atom. The quantitative estimate of drug-likeness (QED) is 0.0207. The van der Waals surface area contributed by atoms with E-state index in [0.29, 0.717) is 71.5 Å². The number of amides is 3. The fourth-order valence-corrected chi connectivity index (χ4v) is 20.1. The third-order valence-corrected chi connectivity index (χ3v) is 28.5. The molecule has 730 valence electrons. The van der Waals surface area contributed by atoms with E-state index in [4.69, 9.17) is 42.2 Å². The second-order valence-electron chi connectivity index (χ2n) is 35.8. The van der Waals surface area contributed by atoms with Gasteiger partial charge in [-0.2, -0.15) is 4.98 Å². The van der Waals surface area contributed by atoms with Gasteiger partial charge in [0, 0.05) is 55.8 Å². The first-order chi connectivity index (χ1) is 63.5. The van der Waals surface area contributed by atoms with Crippen LogP contribution in [0.5, 0.6) is 17.2 Å². The molecule has 2 fully saturated rings. The maximum absolute atomic E-state index is 14.8. The number of ketones is 1. The first kappa shape index (κ1) is 110. The lowest BCUT2D eigenvalue weighted by atomic mass is 10.0. The van der Waals surface area contributed by atoms with Crippen molar-refractivity contribution in [3.8, 4) is 17.2 Å². The molecule has 5 aromatic rings. The van der Waals surface area contributed by atoms with E-state index >= 15 is 0 Å². The molecule has 3 aromatic heterocycles. The molecule has 0 spiro atoms. The van der Waals surface area contributed by atoms with Gasteiger partial charge in [-0.25, -0.2) is 24.3 Å². The molecular formula is C102H164N9O17PS. The number of aromatic nitrogens is 6. The van der Waals surface area contributed by atoms with Crippen molar-refractivity contribution in [2.45, 2.75) is 432 Å². The monoisotopic (exact) mass is 1850 g/mol. The van der Waals surface area contributed by atoms with Crippen LogP contribution < -0.4 is 30.5 Å². The Morgan fingerprint density at radius 1 is 0.508 bits per heavy atom. The highest BCUT2D eigenvalue weighted by Gasteiger charge is 2.45. The number of imidazole rings is 1. The molecule has 2 saturated heterocycles. The molecule has 1 unspecified atom stereocenters. The predicted octanol–water partition coefficient (Wildman–Crippen LogP) is 25.8. The van der Waals surface area contributed by atoms with Crippen LogP contribution >= 0.6 is 18.2 Å². The second kappa shape index (κ2) is 67.0. The molecule has 2 aliphatic heterocycles. The molecule has 2 aliphatic rings. The van der Waals surface area contributed by atoms with Gasteiger partial charge in [0.15, 0.2) is 28.5 Å². The van der Waals surface area contributed by atoms with Crippen LogP contribution in [0, 0.1) is 0 Å². The van der Waals surface area contributed by atoms with Crippen molar-refractivity contribution in [2.24, 2.45) is 0 Å². The Labute approximate surface area is 782 Å². The average Bonchev–Trinajstić information content (AvgIpc) is 1.64. The lowest BCUT2D eigenvalue weighted by molar-refractivity contribution is -0.153. The number of anilines is 2. The largest absolute Gasteiger partial charge is 0.490 e. The molecule has 0 bridgehead atoms. The Hall–Kier alpha value is -7.29. The van der Waals surface area contributed by atoms with E-state index in [9.17, 15) is 38.1 Å². The number of benzene rings is 2. The zero-order valence-electron chi connectivity index (χ0n) is 80.6. The zero-order valence-corrected chi connectivity index (χ0v) is 82.3. The predicted molar refractivity (Wildman–Crippen MR) is 519 cm³/mol. The summed E-state index contributed by atoms with van der Waals surface area (Å²) >= 11 is 0.956. The number of likely N-dealkylation sites (N-methyl/N-ethyl adjacent to an activating group) is 1. The number of ether oxygens (including phenoxy) is 7. The first-order valence-electron chi connectivity index (χ1n) is 50.9. The minimum atomic E-state index is -4.06. The number of hydrogen-bond donors (Lipinski definition) is 2. The molecule has 2 aromatic carbocycles. The van der Waals surface area contributed by atoms with Crippen LogP contribution in [0.2, 0.25) is 0 Å². The summed E-state index contributed by atoms with van der Waals surface area (Å²) < 4.78 is 74.6. The van der Waals surface area contributed by atoms with E-state index in [1.807, 2.05) is 13.0 Å². The summed E-state index contributed by atoms with van der Waals surface area (Å²) in [5.74, 6) is -0.967. The van der Waals surface area contributed by atoms with Crippen LogP contribution in [0.1, 0.15) is 428 Å². The van der Waals surface area contributed by atoms with Crippen molar-refractivity contribution in [3.05, 3.63) is 89.0 Å². The van der Waals surface area contributed by atoms with Gasteiger partial charge in [0.05, 0.1) is 64.3 Å². The van der Waals surface area contributed by atoms with Crippen molar-refractivity contribution in [2.75, 3.05) is 63.0 Å². The van der Waals surface area contributed by atoms with Gasteiger partial charge in [0.2, 0.25) is 11.7 Å². The highest BCUT2D eigenvalue weighted by Crippen LogP contribution is 2.63. The second-order valence-corrected chi connectivity index (χ2v) is 40.1. The van der Waals surface area contributed by atoms with Crippen LogP contribution in [0.15, 0.2) is 72.2 Å². The average molecular weight is 1850 g/mol. The van der Waals surface area contributed by atoms with Crippen LogP contribution in [0.25, 0.3) is 11.2 Å². The highest BCUT2D eigenvalue weighted by molar-refractivity contribution is 8.55. The Kier molecular flexibility index (Phi) is 56.5. The van der Waals surface area contributed by atoms with Crippen LogP contribution in [-0.2, 0) is 51.7 Å². The van der Waals surface area contributed by atoms with Crippen LogP contribution in [-0.4, -0.2) is 146 Å². The van der Waals surface area contributed by atoms with Crippen molar-refractivity contribution in [3.63, 3.8) is 0 Å². The number of carbonyl (C=O) groups is 6. The molecule has 28 heteroatoms. The maximum atomic E-state index is 14.8. The van der Waals surface area contributed by atoms with Gasteiger partial charge in [0.1, 0.15) is 49.2 Å². The van der Waals surface area contributed by atoms with Gasteiger partial charge in [0.25, 0.3) is 11.8 Å². The Morgan fingerprint density at radius 2 is 0.969 bits per heavy atom. The molecule has 5 heterocycles. The summed E-state index contributed by atoms with van der Waals surface area (Å²) in [5.41, 5.74) is 0.688. The number of fused-ring (bicyclic) bond motifs is 1. The van der Waals surface area contributed by atoms with Crippen molar-refractivity contribution in [1.29, 1.82) is 0 Å². The summed E-state index contributed by atoms with van der Waals surface area (Å²) in [6, 6.07) is 13.6. The third-order valence-electron chi connectivity index (χ3n) is 24.6. The Bertz CT molecular complexity index is 4020. The SMILES string of the molecule is CCCCCCCCCCCCCCCCCCOc1cc(C(=O)N(C)CCOC(=O)CCC(=O)Nc2ccn([C@H]3C[C@@H](OC(=O)CCC(C)=O)[C@@H](COP(=O)(O[C@@H]4C[C@H](n5cnc6c(NC(=O)c7ccccc7)ncnc65)O[C@@H]4CC)SCC)O3)c(=O)n2)cc(OCCCCCCCCCCCCCCCCCC)c1OCCCCCCCCCCCCCCCCCC. The van der Waals surface area contributed by atoms with Gasteiger partial charge in [-0.3, -0.25) is 42.2 Å². The minimum Gasteiger partial charge on any atom is -0.490 e. The van der Waals surface area contributed by atoms with Gasteiger partial charge in [-0.1, -0.05) is 342 Å². The molecule has 130 heavy (non-hydrogen) atoms. The highest BCUT2D eigenvalue weighted by atomic mass is 32.7. The standard InChI is InChI=1S/C102H164N9O17PS/c1-8-13-16-19-22-25-28-31-34-37-40-43-46-49-52-58-70-120-87-74-83(75-88(121-71-59-53-50-47-44-41-38-35-32-29-26-23-20-17-14-9-2)97(87)123-72-60-54-51-48-45-42-39-36-33-30-27-24-21-18-15-10-3)101(117)109(7)69-73-122-94(114)66-64-91(113)106-90-67-68-110(102(118)107-90)92-76-85(127-95(115)65-63-81(6)112)89(126-92)78-124-129(119,130-12-5)128-86-77-93(125-84(86)11-4)111-80-105-96-98(103-79-104-99(96)111)108-100(116)82-61-56-55-57-62-82/h55-57,61-62,67-68,74-75,79-80,84-86,89,92-93H,8-54,58-60,63-66,69-73,76-78H2,1-7H3,(H,103,104,108,116)(H,106,107,113,118)/t84-,85-,86-,89-,92-,93-,129?/m1/s1. The molecule has 26 nitrogen and oxygen atoms in total. The summed E-state index contributed by atoms with van der Waals surface area (Å²) in [5, 5.41) is 5.40. The number of nitrogens with one attached hydrogen (secondary N) is 2. The summed E-state index contributed by atoms with van der Waals surface area (Å²) in [4.78, 5) is 112. The third kappa shape index (κ3) is 43.8. The van der Waals surface area contributed by atoms with Gasteiger partial charge < -0.3 is 53.5 Å². The fraction of sp³-hybridized carbons (Fsp3) is 0.735. The van der Waals surface area contributed by atoms with Crippen molar-refractivity contribution in [1.82, 2.24) is 34.0 Å². The number of rotatable bonds is 78. The summed E-state index contributed by atoms with van der Waals surface area (Å²) in [6.45, 7) is 8.76. The number of unbranched alkanes of at least 4 members (excludes halogenated alkanes) is 45. The van der Waals surface area contributed by atoms with E-state index < -0.39 is 73.8 Å². The topological polar surface area (TPSA) is 308 Å². The van der Waals surface area contributed by atoms with Gasteiger partial charge in [-0.05, 0) is 74.3 Å². The van der Waals surface area contributed by atoms with Crippen LogP contribution in [0.4, 0.5) is 11.6 Å². The molecule has 2 N–H and O–H groups in total. The smallest absolute Gasteiger partial charge is 0.389 e. The molecule has 3 amide bonds. The van der Waals surface area contributed by atoms with Gasteiger partial charge in [-0.15, -0.1) is 0 Å². The van der Waals surface area contributed by atoms with E-state index in [0.717, 1.165) is 73.7 Å². The zero-order chi connectivity index (χ0) is 92.9. The maximum Gasteiger partial charge on any atom is 0.389 e. The van der Waals surface area contributed by atoms with E-state index in [-0.39, 0.29) is 80.9 Å². The first-order valence-corrected chi connectivity index (χ1v) is 54.1. The number of Topliss-reactive ketones (excluding diaryl/α,β-unsaturated/α-hetero) is 1. The van der Waals surface area contributed by atoms with E-state index in [1.165, 1.54) is 287 Å². The normalized spacial score (nSPS) is 16.5. The molecule has 0 saturated carbocycles. The minimum absolute atomic E-state index is 0.0522. The molecular weight excluding hydrogens is 1690 g/mol. The number of carbonyl (C=O) groups excluding carboxylic acids is 6. The summed E-state index contributed by atoms with van der Waals surface area (Å²) in [7, 11) is 1.65. The van der Waals surface area contributed by atoms with Gasteiger partial charge >= 0.3 is 24.4 Å². The lowest BCUT2D eigenvalue weighted by Crippen LogP contribution is -2.31. The summed E-state index contributed by atoms with van der Waals surface area (Å²) in [6.07, 6.45) is 59.8. The van der Waals surface area contributed by atoms with E-state index in [1.54, 1.807) is 54.9 Å². The molecule has 7 atom stereocenters. The fourth-order valence-electron chi connectivity index (χ4n) is 16.9. The van der Waals surface area contributed by atoms with E-state index in [2.05, 4.69) is 51.3 Å². The molecule has 7 rings (SSSR count). The van der Waals surface area contributed by atoms with Crippen molar-refractivity contribution >= 4 is 76.4 Å². The number of nitrogens with zero attached hydrogens (tertiary/aromatic N) is 7. The lowest BCUT2D eigenvalue weighted by Gasteiger charge is -2.25. The van der Waals surface area contributed by atoms with Crippen LogP contribution in [0.3, 0.4) is 0 Å². The van der Waals surface area contributed by atoms with Crippen molar-refractivity contribution < 1.29 is 75.5 Å². The molecule has 0 radical (unpaired) electrons. The molecule has 0 aliphatic carbocycles. The Balaban J connectivity index is 0.920.